The first-order valence-corrected chi connectivity index (χ1v) is 10.7. The minimum Gasteiger partial charge on any atom is -0.508 e. The summed E-state index contributed by atoms with van der Waals surface area (Å²) < 4.78 is 6.36. The van der Waals surface area contributed by atoms with Crippen molar-refractivity contribution in [2.24, 2.45) is 5.92 Å². The molecule has 1 aromatic carbocycles. The minimum atomic E-state index is -1.93. The number of phenols is 1. The van der Waals surface area contributed by atoms with Crippen LogP contribution in [0.1, 0.15) is 39.3 Å². The van der Waals surface area contributed by atoms with E-state index in [1.54, 1.807) is 12.1 Å². The molecule has 0 saturated carbocycles. The molecule has 0 unspecified atom stereocenters. The Labute approximate surface area is 134 Å². The molecule has 1 heterocycles. The van der Waals surface area contributed by atoms with Crippen molar-refractivity contribution in [3.8, 4) is 5.75 Å². The molecule has 2 N–H and O–H groups in total. The Kier molecular flexibility index (Phi) is 4.41. The molecule has 22 heavy (non-hydrogen) atoms. The number of benzene rings is 1. The van der Waals surface area contributed by atoms with Gasteiger partial charge in [0.1, 0.15) is 5.75 Å². The molecule has 1 fully saturated rings. The number of aromatic hydroxyl groups is 1. The van der Waals surface area contributed by atoms with Crippen LogP contribution in [0, 0.1) is 5.92 Å². The first-order valence-electron chi connectivity index (χ1n) is 7.80. The molecule has 5 heteroatoms. The number of nitrogens with one attached hydrogen (secondary N) is 1. The number of para-hydroxylation sites is 1. The Hall–Kier alpha value is -1.33. The van der Waals surface area contributed by atoms with Gasteiger partial charge >= 0.3 is 0 Å². The van der Waals surface area contributed by atoms with Crippen molar-refractivity contribution in [2.75, 3.05) is 0 Å². The first-order chi connectivity index (χ1) is 10.0. The second-order valence-electron chi connectivity index (χ2n) is 7.65. The minimum absolute atomic E-state index is 0.000498. The maximum Gasteiger partial charge on any atom is 0.228 e. The van der Waals surface area contributed by atoms with Crippen LogP contribution >= 0.6 is 0 Å². The third kappa shape index (κ3) is 3.06. The Balaban J connectivity index is 2.17. The lowest BCUT2D eigenvalue weighted by atomic mass is 9.81. The van der Waals surface area contributed by atoms with Crippen LogP contribution in [0.15, 0.2) is 24.3 Å². The van der Waals surface area contributed by atoms with Crippen molar-refractivity contribution in [3.63, 3.8) is 0 Å². The summed E-state index contributed by atoms with van der Waals surface area (Å²) in [5.41, 5.74) is 0.762. The highest BCUT2D eigenvalue weighted by molar-refractivity contribution is 6.74. The van der Waals surface area contributed by atoms with Crippen LogP contribution in [0.2, 0.25) is 18.1 Å². The van der Waals surface area contributed by atoms with E-state index < -0.39 is 8.32 Å². The summed E-state index contributed by atoms with van der Waals surface area (Å²) in [6.07, 6.45) is -0.167. The van der Waals surface area contributed by atoms with E-state index in [2.05, 4.69) is 39.2 Å². The van der Waals surface area contributed by atoms with Crippen LogP contribution in [0.4, 0.5) is 0 Å². The van der Waals surface area contributed by atoms with E-state index in [1.807, 2.05) is 19.1 Å². The molecule has 1 amide bonds. The summed E-state index contributed by atoms with van der Waals surface area (Å²) in [5.74, 6) is -0.0288. The number of β-lactam (4-membered cyclic amide) rings is 1. The fourth-order valence-electron chi connectivity index (χ4n) is 2.62. The molecule has 3 atom stereocenters. The van der Waals surface area contributed by atoms with E-state index in [9.17, 15) is 9.90 Å². The number of phenolic OH excluding ortho intramolecular Hbond substituents is 1. The zero-order valence-corrected chi connectivity index (χ0v) is 15.3. The van der Waals surface area contributed by atoms with E-state index >= 15 is 0 Å². The molecule has 0 radical (unpaired) electrons. The summed E-state index contributed by atoms with van der Waals surface area (Å²) in [6, 6.07) is 6.98. The van der Waals surface area contributed by atoms with Crippen LogP contribution in [0.25, 0.3) is 0 Å². The zero-order chi connectivity index (χ0) is 16.7. The summed E-state index contributed by atoms with van der Waals surface area (Å²) in [6.45, 7) is 12.9. The highest BCUT2D eigenvalue weighted by atomic mass is 28.4. The van der Waals surface area contributed by atoms with Crippen molar-refractivity contribution < 1.29 is 14.3 Å². The molecule has 1 aliphatic heterocycles. The molecule has 0 aromatic heterocycles. The van der Waals surface area contributed by atoms with Crippen molar-refractivity contribution >= 4 is 14.2 Å². The third-order valence-electron chi connectivity index (χ3n) is 5.02. The highest BCUT2D eigenvalue weighted by Gasteiger charge is 2.48. The number of carbonyl (C=O) groups is 1. The fourth-order valence-corrected chi connectivity index (χ4v) is 4.04. The van der Waals surface area contributed by atoms with Gasteiger partial charge < -0.3 is 14.8 Å². The Morgan fingerprint density at radius 2 is 1.86 bits per heavy atom. The predicted octanol–water partition coefficient (Wildman–Crippen LogP) is 3.59. The molecule has 0 spiro atoms. The van der Waals surface area contributed by atoms with E-state index in [1.165, 1.54) is 0 Å². The van der Waals surface area contributed by atoms with Gasteiger partial charge in [-0.15, -0.1) is 0 Å². The number of rotatable bonds is 4. The van der Waals surface area contributed by atoms with Crippen molar-refractivity contribution in [1.29, 1.82) is 0 Å². The number of carbonyl (C=O) groups excluding carboxylic acids is 1. The second-order valence-corrected chi connectivity index (χ2v) is 12.4. The van der Waals surface area contributed by atoms with Gasteiger partial charge in [-0.1, -0.05) is 39.0 Å². The third-order valence-corrected chi connectivity index (χ3v) is 9.60. The largest absolute Gasteiger partial charge is 0.508 e. The van der Waals surface area contributed by atoms with Crippen molar-refractivity contribution in [3.05, 3.63) is 29.8 Å². The van der Waals surface area contributed by atoms with Gasteiger partial charge in [-0.25, -0.2) is 0 Å². The normalized spacial score (nSPS) is 23.6. The molecule has 4 nitrogen and oxygen atoms in total. The summed E-state index contributed by atoms with van der Waals surface area (Å²) in [7, 11) is -1.93. The quantitative estimate of drug-likeness (QED) is 0.658. The fraction of sp³-hybridized carbons (Fsp3) is 0.588. The summed E-state index contributed by atoms with van der Waals surface area (Å²) in [5, 5.41) is 13.0. The van der Waals surface area contributed by atoms with Crippen LogP contribution < -0.4 is 5.32 Å². The summed E-state index contributed by atoms with van der Waals surface area (Å²) in [4.78, 5) is 12.0. The van der Waals surface area contributed by atoms with E-state index in [0.717, 1.165) is 5.56 Å². The average molecular weight is 321 g/mol. The molecular formula is C17H27NO3Si. The lowest BCUT2D eigenvalue weighted by molar-refractivity contribution is -0.140. The lowest BCUT2D eigenvalue weighted by Crippen LogP contribution is -2.58. The second kappa shape index (κ2) is 5.70. The molecule has 1 aromatic rings. The Morgan fingerprint density at radius 1 is 1.27 bits per heavy atom. The standard InChI is InChI=1S/C17H27NO3Si/c1-11(21-22(5,6)17(2,3)4)14-15(18-16(14)20)12-9-7-8-10-13(12)19/h7-11,14-15,19H,1-6H3,(H,18,20)/t11-,14-,15-/m1/s1. The molecule has 0 bridgehead atoms. The van der Waals surface area contributed by atoms with Gasteiger partial charge in [0.25, 0.3) is 0 Å². The van der Waals surface area contributed by atoms with Gasteiger partial charge in [0.15, 0.2) is 8.32 Å². The van der Waals surface area contributed by atoms with Gasteiger partial charge in [0.2, 0.25) is 5.91 Å². The van der Waals surface area contributed by atoms with Crippen molar-refractivity contribution in [2.45, 2.75) is 58.0 Å². The topological polar surface area (TPSA) is 58.6 Å². The van der Waals surface area contributed by atoms with E-state index in [-0.39, 0.29) is 34.8 Å². The monoisotopic (exact) mass is 321 g/mol. The molecule has 1 saturated heterocycles. The van der Waals surface area contributed by atoms with E-state index in [4.69, 9.17) is 4.43 Å². The smallest absolute Gasteiger partial charge is 0.228 e. The highest BCUT2D eigenvalue weighted by Crippen LogP contribution is 2.42. The number of hydrogen-bond donors (Lipinski definition) is 2. The predicted molar refractivity (Wildman–Crippen MR) is 90.2 cm³/mol. The number of hydrogen-bond acceptors (Lipinski definition) is 3. The van der Waals surface area contributed by atoms with Crippen LogP contribution in [-0.4, -0.2) is 25.4 Å². The van der Waals surface area contributed by atoms with Crippen molar-refractivity contribution in [1.82, 2.24) is 5.32 Å². The van der Waals surface area contributed by atoms with Gasteiger partial charge in [0.05, 0.1) is 18.1 Å². The average Bonchev–Trinajstić information content (AvgIpc) is 2.34. The molecule has 122 valence electrons. The van der Waals surface area contributed by atoms with Gasteiger partial charge in [-0.3, -0.25) is 4.79 Å². The Morgan fingerprint density at radius 3 is 2.36 bits per heavy atom. The summed E-state index contributed by atoms with van der Waals surface area (Å²) >= 11 is 0. The SMILES string of the molecule is C[C@@H](O[Si](C)(C)C(C)(C)C)[C@H]1C(=O)N[C@@H]1c1ccccc1O. The maximum atomic E-state index is 12.0. The van der Waals surface area contributed by atoms with Crippen LogP contribution in [-0.2, 0) is 9.22 Å². The molecule has 2 rings (SSSR count). The van der Waals surface area contributed by atoms with Crippen LogP contribution in [0.3, 0.4) is 0 Å². The van der Waals surface area contributed by atoms with E-state index in [0.29, 0.717) is 0 Å². The zero-order valence-electron chi connectivity index (χ0n) is 14.3. The van der Waals surface area contributed by atoms with Gasteiger partial charge in [0, 0.05) is 5.56 Å². The van der Waals surface area contributed by atoms with Gasteiger partial charge in [-0.05, 0) is 31.1 Å². The molecular weight excluding hydrogens is 294 g/mol. The molecule has 1 aliphatic rings. The van der Waals surface area contributed by atoms with Crippen LogP contribution in [0.5, 0.6) is 5.75 Å². The first kappa shape index (κ1) is 17.0. The Bertz CT molecular complexity index is 565. The number of amides is 1. The lowest BCUT2D eigenvalue weighted by Gasteiger charge is -2.45. The molecule has 0 aliphatic carbocycles. The maximum absolute atomic E-state index is 12.0. The van der Waals surface area contributed by atoms with Gasteiger partial charge in [-0.2, -0.15) is 0 Å².